The van der Waals surface area contributed by atoms with Gasteiger partial charge in [0.15, 0.2) is 0 Å². The highest BCUT2D eigenvalue weighted by molar-refractivity contribution is 7.98. The number of benzene rings is 1. The molecule has 8 heteroatoms. The van der Waals surface area contributed by atoms with Crippen LogP contribution in [0.3, 0.4) is 0 Å². The van der Waals surface area contributed by atoms with Crippen LogP contribution in [0.5, 0.6) is 6.01 Å². The summed E-state index contributed by atoms with van der Waals surface area (Å²) in [6.45, 7) is 2.55. The molecule has 1 aromatic heterocycles. The molecule has 21 heavy (non-hydrogen) atoms. The molecule has 0 amide bonds. The highest BCUT2D eigenvalue weighted by Crippen LogP contribution is 2.22. The summed E-state index contributed by atoms with van der Waals surface area (Å²) in [7, 11) is 0. The first-order valence-corrected chi connectivity index (χ1v) is 7.74. The number of nitrogen functional groups attached to an aromatic ring is 1. The third-order valence-electron chi connectivity index (χ3n) is 2.51. The molecule has 0 atom stereocenters. The molecule has 0 aliphatic heterocycles. The monoisotopic (exact) mass is 306 g/mol. The van der Waals surface area contributed by atoms with Crippen LogP contribution >= 0.6 is 11.8 Å². The Morgan fingerprint density at radius 3 is 2.76 bits per heavy atom. The van der Waals surface area contributed by atoms with E-state index in [2.05, 4.69) is 25.7 Å². The molecule has 4 N–H and O–H groups in total. The number of anilines is 3. The number of thioether (sulfide) groups is 1. The standard InChI is InChI=1S/C13H18N6OS/c1-3-7-20-13-17-11(16-12(18-13)19-14)15-9-5-4-6-10(8-9)21-2/h4-6,8H,3,7,14H2,1-2H3,(H2,15,16,17,18,19). The average Bonchev–Trinajstić information content (AvgIpc) is 2.52. The molecular formula is C13H18N6OS. The summed E-state index contributed by atoms with van der Waals surface area (Å²) >= 11 is 1.67. The second-order valence-electron chi connectivity index (χ2n) is 4.11. The number of hydrogen-bond acceptors (Lipinski definition) is 8. The maximum Gasteiger partial charge on any atom is 0.323 e. The van der Waals surface area contributed by atoms with Gasteiger partial charge in [0.1, 0.15) is 0 Å². The molecule has 0 aliphatic rings. The van der Waals surface area contributed by atoms with E-state index in [1.54, 1.807) is 11.8 Å². The zero-order valence-corrected chi connectivity index (χ0v) is 12.8. The van der Waals surface area contributed by atoms with Crippen LogP contribution in [0.1, 0.15) is 13.3 Å². The Morgan fingerprint density at radius 2 is 2.05 bits per heavy atom. The zero-order valence-electron chi connectivity index (χ0n) is 12.0. The lowest BCUT2D eigenvalue weighted by atomic mass is 10.3. The predicted molar refractivity (Wildman–Crippen MR) is 84.9 cm³/mol. The van der Waals surface area contributed by atoms with Crippen LogP contribution in [0.2, 0.25) is 0 Å². The van der Waals surface area contributed by atoms with Crippen LogP contribution in [-0.2, 0) is 0 Å². The van der Waals surface area contributed by atoms with Crippen molar-refractivity contribution in [2.24, 2.45) is 5.84 Å². The summed E-state index contributed by atoms with van der Waals surface area (Å²) < 4.78 is 5.42. The fraction of sp³-hybridized carbons (Fsp3) is 0.308. The molecule has 2 aromatic rings. The number of hydrazine groups is 1. The van der Waals surface area contributed by atoms with Crippen molar-refractivity contribution in [2.45, 2.75) is 18.2 Å². The molecule has 7 nitrogen and oxygen atoms in total. The SMILES string of the molecule is CCCOc1nc(NN)nc(Nc2cccc(SC)c2)n1. The van der Waals surface area contributed by atoms with Crippen molar-refractivity contribution in [2.75, 3.05) is 23.6 Å². The van der Waals surface area contributed by atoms with E-state index in [1.807, 2.05) is 37.4 Å². The number of nitrogens with zero attached hydrogens (tertiary/aromatic N) is 3. The second-order valence-corrected chi connectivity index (χ2v) is 4.99. The van der Waals surface area contributed by atoms with E-state index >= 15 is 0 Å². The van der Waals surface area contributed by atoms with Crippen molar-refractivity contribution in [1.82, 2.24) is 15.0 Å². The van der Waals surface area contributed by atoms with Crippen molar-refractivity contribution in [3.8, 4) is 6.01 Å². The molecule has 0 saturated carbocycles. The highest BCUT2D eigenvalue weighted by atomic mass is 32.2. The Bertz CT molecular complexity index is 595. The van der Waals surface area contributed by atoms with Crippen LogP contribution < -0.4 is 21.3 Å². The molecule has 0 spiro atoms. The van der Waals surface area contributed by atoms with E-state index in [9.17, 15) is 0 Å². The van der Waals surface area contributed by atoms with Gasteiger partial charge in [-0.15, -0.1) is 11.8 Å². The van der Waals surface area contributed by atoms with Gasteiger partial charge >= 0.3 is 6.01 Å². The molecule has 1 heterocycles. The molecular weight excluding hydrogens is 288 g/mol. The van der Waals surface area contributed by atoms with Crippen molar-refractivity contribution >= 4 is 29.3 Å². The Labute approximate surface area is 127 Å². The molecule has 1 aromatic carbocycles. The first-order chi connectivity index (χ1) is 10.2. The van der Waals surface area contributed by atoms with Crippen molar-refractivity contribution in [1.29, 1.82) is 0 Å². The number of aromatic nitrogens is 3. The number of ether oxygens (including phenoxy) is 1. The third-order valence-corrected chi connectivity index (χ3v) is 3.23. The van der Waals surface area contributed by atoms with Gasteiger partial charge in [0.2, 0.25) is 11.9 Å². The largest absolute Gasteiger partial charge is 0.463 e. The van der Waals surface area contributed by atoms with E-state index in [0.29, 0.717) is 12.6 Å². The van der Waals surface area contributed by atoms with Gasteiger partial charge in [0.05, 0.1) is 6.61 Å². The lowest BCUT2D eigenvalue weighted by Crippen LogP contribution is -2.13. The summed E-state index contributed by atoms with van der Waals surface area (Å²) in [6.07, 6.45) is 2.89. The number of nitrogens with two attached hydrogens (primary N) is 1. The number of hydrogen-bond donors (Lipinski definition) is 3. The van der Waals surface area contributed by atoms with E-state index < -0.39 is 0 Å². The van der Waals surface area contributed by atoms with Crippen LogP contribution in [0.4, 0.5) is 17.6 Å². The van der Waals surface area contributed by atoms with Crippen molar-refractivity contribution in [3.63, 3.8) is 0 Å². The average molecular weight is 306 g/mol. The minimum absolute atomic E-state index is 0.239. The Kier molecular flexibility index (Phi) is 5.59. The van der Waals surface area contributed by atoms with E-state index in [-0.39, 0.29) is 12.0 Å². The first kappa shape index (κ1) is 15.3. The summed E-state index contributed by atoms with van der Waals surface area (Å²) in [5.74, 6) is 5.99. The van der Waals surface area contributed by atoms with Crippen LogP contribution in [0.15, 0.2) is 29.2 Å². The second kappa shape index (κ2) is 7.65. The van der Waals surface area contributed by atoms with E-state index in [0.717, 1.165) is 17.0 Å². The van der Waals surface area contributed by atoms with Gasteiger partial charge in [-0.2, -0.15) is 15.0 Å². The minimum Gasteiger partial charge on any atom is -0.463 e. The maximum absolute atomic E-state index is 5.42. The van der Waals surface area contributed by atoms with Crippen LogP contribution in [0, 0.1) is 0 Å². The van der Waals surface area contributed by atoms with Gasteiger partial charge in [-0.05, 0) is 30.9 Å². The van der Waals surface area contributed by atoms with Gasteiger partial charge in [0.25, 0.3) is 0 Å². The third kappa shape index (κ3) is 4.47. The molecule has 0 bridgehead atoms. The smallest absolute Gasteiger partial charge is 0.323 e. The molecule has 0 saturated heterocycles. The normalized spacial score (nSPS) is 10.2. The molecule has 2 rings (SSSR count). The van der Waals surface area contributed by atoms with Crippen molar-refractivity contribution < 1.29 is 4.74 Å². The van der Waals surface area contributed by atoms with E-state index in [1.165, 1.54) is 0 Å². The summed E-state index contributed by atoms with van der Waals surface area (Å²) in [5, 5.41) is 3.12. The number of nitrogens with one attached hydrogen (secondary N) is 2. The highest BCUT2D eigenvalue weighted by Gasteiger charge is 2.07. The summed E-state index contributed by atoms with van der Waals surface area (Å²) in [6, 6.07) is 8.18. The molecule has 0 fully saturated rings. The quantitative estimate of drug-likeness (QED) is 0.407. The van der Waals surface area contributed by atoms with Gasteiger partial charge in [0, 0.05) is 10.6 Å². The first-order valence-electron chi connectivity index (χ1n) is 6.51. The number of rotatable bonds is 7. The maximum atomic E-state index is 5.42. The molecule has 112 valence electrons. The molecule has 0 radical (unpaired) electrons. The Hall–Kier alpha value is -2.06. The summed E-state index contributed by atoms with van der Waals surface area (Å²) in [5.41, 5.74) is 3.29. The zero-order chi connectivity index (χ0) is 15.1. The minimum atomic E-state index is 0.239. The lowest BCUT2D eigenvalue weighted by Gasteiger charge is -2.09. The predicted octanol–water partition coefficient (Wildman–Crippen LogP) is 2.41. The van der Waals surface area contributed by atoms with Crippen LogP contribution in [0.25, 0.3) is 0 Å². The van der Waals surface area contributed by atoms with Gasteiger partial charge in [-0.3, -0.25) is 5.43 Å². The topological polar surface area (TPSA) is 98.0 Å². The molecule has 0 aliphatic carbocycles. The summed E-state index contributed by atoms with van der Waals surface area (Å²) in [4.78, 5) is 13.6. The lowest BCUT2D eigenvalue weighted by molar-refractivity contribution is 0.292. The van der Waals surface area contributed by atoms with Crippen LogP contribution in [-0.4, -0.2) is 27.8 Å². The fourth-order valence-corrected chi connectivity index (χ4v) is 2.02. The Morgan fingerprint density at radius 1 is 1.24 bits per heavy atom. The van der Waals surface area contributed by atoms with Gasteiger partial charge in [-0.25, -0.2) is 5.84 Å². The van der Waals surface area contributed by atoms with E-state index in [4.69, 9.17) is 10.6 Å². The van der Waals surface area contributed by atoms with Crippen molar-refractivity contribution in [3.05, 3.63) is 24.3 Å². The van der Waals surface area contributed by atoms with Gasteiger partial charge < -0.3 is 10.1 Å². The van der Waals surface area contributed by atoms with Gasteiger partial charge in [-0.1, -0.05) is 13.0 Å². The molecule has 0 unspecified atom stereocenters. The fourth-order valence-electron chi connectivity index (χ4n) is 1.56. The Balaban J connectivity index is 2.21.